The van der Waals surface area contributed by atoms with Crippen LogP contribution in [0.1, 0.15) is 18.4 Å². The average Bonchev–Trinajstić information content (AvgIpc) is 3.55. The summed E-state index contributed by atoms with van der Waals surface area (Å²) < 4.78 is 25.4. The number of amides is 2. The zero-order valence-corrected chi connectivity index (χ0v) is 19.4. The number of nitrogens with one attached hydrogen (secondary N) is 1. The Hall–Kier alpha value is -3.46. The largest absolute Gasteiger partial charge is 0.352 e. The summed E-state index contributed by atoms with van der Waals surface area (Å²) in [5, 5.41) is 7.74. The van der Waals surface area contributed by atoms with Crippen molar-refractivity contribution in [2.45, 2.75) is 25.4 Å². The predicted molar refractivity (Wildman–Crippen MR) is 128 cm³/mol. The standard InChI is InChI=1S/C25H26N4O4S/c30-23-13-19(15-28(23)22-11-12-34(32,33)17-22)25(31)26-14-20-16-29(21-9-5-2-6-10-21)27-24(20)18-7-3-1-4-8-18/h1-10,16,19,22H,11-15,17H2,(H,26,31). The molecular formula is C25H26N4O4S. The highest BCUT2D eigenvalue weighted by molar-refractivity contribution is 7.91. The summed E-state index contributed by atoms with van der Waals surface area (Å²) in [7, 11) is -3.10. The van der Waals surface area contributed by atoms with Crippen molar-refractivity contribution >= 4 is 21.7 Å². The highest BCUT2D eigenvalue weighted by atomic mass is 32.2. The first-order valence-electron chi connectivity index (χ1n) is 11.4. The molecule has 3 heterocycles. The molecule has 0 radical (unpaired) electrons. The monoisotopic (exact) mass is 478 g/mol. The Morgan fingerprint density at radius 3 is 2.44 bits per heavy atom. The van der Waals surface area contributed by atoms with E-state index in [1.807, 2.05) is 66.9 Å². The Morgan fingerprint density at radius 2 is 1.76 bits per heavy atom. The van der Waals surface area contributed by atoms with Crippen molar-refractivity contribution < 1.29 is 18.0 Å². The summed E-state index contributed by atoms with van der Waals surface area (Å²) in [5.41, 5.74) is 3.52. The summed E-state index contributed by atoms with van der Waals surface area (Å²) in [6.45, 7) is 0.540. The fourth-order valence-electron chi connectivity index (χ4n) is 4.70. The Bertz CT molecular complexity index is 1310. The lowest BCUT2D eigenvalue weighted by atomic mass is 10.1. The van der Waals surface area contributed by atoms with Crippen LogP contribution in [0.5, 0.6) is 0 Å². The van der Waals surface area contributed by atoms with Crippen LogP contribution in [0.3, 0.4) is 0 Å². The van der Waals surface area contributed by atoms with Gasteiger partial charge >= 0.3 is 0 Å². The number of hydrogen-bond donors (Lipinski definition) is 1. The molecule has 3 aromatic rings. The molecule has 0 saturated carbocycles. The quantitative estimate of drug-likeness (QED) is 0.585. The molecule has 2 aliphatic heterocycles. The SMILES string of the molecule is O=C(NCc1cn(-c2ccccc2)nc1-c1ccccc1)C1CC(=O)N(C2CCS(=O)(=O)C2)C1. The second kappa shape index (κ2) is 9.06. The van der Waals surface area contributed by atoms with Gasteiger partial charge in [0.15, 0.2) is 9.84 Å². The molecule has 2 aliphatic rings. The molecule has 0 bridgehead atoms. The lowest BCUT2D eigenvalue weighted by Gasteiger charge is -2.22. The summed E-state index contributed by atoms with van der Waals surface area (Å²) in [6, 6.07) is 19.2. The number of likely N-dealkylation sites (tertiary alicyclic amines) is 1. The Kier molecular flexibility index (Phi) is 5.95. The number of nitrogens with zero attached hydrogens (tertiary/aromatic N) is 3. The van der Waals surface area contributed by atoms with Crippen LogP contribution in [0.15, 0.2) is 66.9 Å². The Balaban J connectivity index is 1.30. The summed E-state index contributed by atoms with van der Waals surface area (Å²) >= 11 is 0. The predicted octanol–water partition coefficient (Wildman–Crippen LogP) is 2.19. The molecule has 9 heteroatoms. The van der Waals surface area contributed by atoms with Crippen molar-refractivity contribution in [3.05, 3.63) is 72.4 Å². The number of carbonyl (C=O) groups excluding carboxylic acids is 2. The normalized spacial score (nSPS) is 21.6. The number of sulfone groups is 1. The van der Waals surface area contributed by atoms with Crippen LogP contribution < -0.4 is 5.32 Å². The topological polar surface area (TPSA) is 101 Å². The third kappa shape index (κ3) is 4.61. The van der Waals surface area contributed by atoms with Crippen LogP contribution in [-0.2, 0) is 26.0 Å². The van der Waals surface area contributed by atoms with Gasteiger partial charge in [-0.25, -0.2) is 13.1 Å². The number of carbonyl (C=O) groups is 2. The number of rotatable bonds is 6. The van der Waals surface area contributed by atoms with Crippen LogP contribution in [-0.4, -0.2) is 59.0 Å². The van der Waals surface area contributed by atoms with Crippen LogP contribution in [0.2, 0.25) is 0 Å². The first-order valence-corrected chi connectivity index (χ1v) is 13.2. The molecule has 0 aliphatic carbocycles. The number of aromatic nitrogens is 2. The molecule has 8 nitrogen and oxygen atoms in total. The van der Waals surface area contributed by atoms with E-state index in [1.54, 1.807) is 9.58 Å². The van der Waals surface area contributed by atoms with Crippen molar-refractivity contribution in [3.8, 4) is 16.9 Å². The summed E-state index contributed by atoms with van der Waals surface area (Å²) in [4.78, 5) is 27.0. The summed E-state index contributed by atoms with van der Waals surface area (Å²) in [6.07, 6.45) is 2.46. The highest BCUT2D eigenvalue weighted by Crippen LogP contribution is 2.27. The van der Waals surface area contributed by atoms with Gasteiger partial charge in [-0.2, -0.15) is 5.10 Å². The van der Waals surface area contributed by atoms with Crippen LogP contribution in [0.4, 0.5) is 0 Å². The molecule has 176 valence electrons. The van der Waals surface area contributed by atoms with E-state index < -0.39 is 15.8 Å². The van der Waals surface area contributed by atoms with E-state index in [2.05, 4.69) is 5.32 Å². The first-order chi connectivity index (χ1) is 16.4. The molecule has 34 heavy (non-hydrogen) atoms. The van der Waals surface area contributed by atoms with Gasteiger partial charge in [-0.05, 0) is 18.6 Å². The van der Waals surface area contributed by atoms with Crippen molar-refractivity contribution in [1.29, 1.82) is 0 Å². The van der Waals surface area contributed by atoms with E-state index in [9.17, 15) is 18.0 Å². The van der Waals surface area contributed by atoms with Gasteiger partial charge in [0.05, 0.1) is 28.8 Å². The van der Waals surface area contributed by atoms with E-state index in [4.69, 9.17) is 5.10 Å². The number of hydrogen-bond acceptors (Lipinski definition) is 5. The van der Waals surface area contributed by atoms with Crippen molar-refractivity contribution in [2.24, 2.45) is 5.92 Å². The molecule has 5 rings (SSSR count). The smallest absolute Gasteiger partial charge is 0.225 e. The van der Waals surface area contributed by atoms with E-state index >= 15 is 0 Å². The van der Waals surface area contributed by atoms with Crippen LogP contribution in [0, 0.1) is 5.92 Å². The molecule has 2 aromatic carbocycles. The molecule has 0 spiro atoms. The average molecular weight is 479 g/mol. The molecule has 2 atom stereocenters. The number of para-hydroxylation sites is 1. The van der Waals surface area contributed by atoms with Gasteiger partial charge in [-0.1, -0.05) is 48.5 Å². The third-order valence-corrected chi connectivity index (χ3v) is 8.24. The van der Waals surface area contributed by atoms with Crippen molar-refractivity contribution in [2.75, 3.05) is 18.1 Å². The lowest BCUT2D eigenvalue weighted by Crippen LogP contribution is -2.39. The highest BCUT2D eigenvalue weighted by Gasteiger charge is 2.41. The van der Waals surface area contributed by atoms with E-state index in [1.165, 1.54) is 0 Å². The van der Waals surface area contributed by atoms with E-state index in [0.29, 0.717) is 6.42 Å². The van der Waals surface area contributed by atoms with Crippen LogP contribution in [0.25, 0.3) is 16.9 Å². The first kappa shape index (κ1) is 22.3. The van der Waals surface area contributed by atoms with Crippen molar-refractivity contribution in [1.82, 2.24) is 20.0 Å². The van der Waals surface area contributed by atoms with Gasteiger partial charge in [0.2, 0.25) is 11.8 Å². The molecule has 1 aromatic heterocycles. The number of benzene rings is 2. The molecule has 2 saturated heterocycles. The van der Waals surface area contributed by atoms with Gasteiger partial charge < -0.3 is 10.2 Å². The minimum atomic E-state index is -3.10. The summed E-state index contributed by atoms with van der Waals surface area (Å²) in [5.74, 6) is -0.745. The van der Waals surface area contributed by atoms with E-state index in [0.717, 1.165) is 22.5 Å². The van der Waals surface area contributed by atoms with Gasteiger partial charge in [0.1, 0.15) is 0 Å². The van der Waals surface area contributed by atoms with Gasteiger partial charge in [-0.15, -0.1) is 0 Å². The van der Waals surface area contributed by atoms with E-state index in [-0.39, 0.29) is 48.9 Å². The van der Waals surface area contributed by atoms with Crippen LogP contribution >= 0.6 is 0 Å². The molecule has 2 amide bonds. The van der Waals surface area contributed by atoms with Gasteiger partial charge in [0.25, 0.3) is 0 Å². The minimum absolute atomic E-state index is 0.00775. The zero-order valence-electron chi connectivity index (χ0n) is 18.6. The van der Waals surface area contributed by atoms with Crippen molar-refractivity contribution in [3.63, 3.8) is 0 Å². The maximum Gasteiger partial charge on any atom is 0.225 e. The maximum absolute atomic E-state index is 12.9. The minimum Gasteiger partial charge on any atom is -0.352 e. The van der Waals surface area contributed by atoms with Gasteiger partial charge in [0, 0.05) is 42.9 Å². The Labute approximate surface area is 198 Å². The molecule has 1 N–H and O–H groups in total. The van der Waals surface area contributed by atoms with Gasteiger partial charge in [-0.3, -0.25) is 9.59 Å². The third-order valence-electron chi connectivity index (χ3n) is 6.49. The fourth-order valence-corrected chi connectivity index (χ4v) is 6.43. The fraction of sp³-hybridized carbons (Fsp3) is 0.320. The maximum atomic E-state index is 12.9. The second-order valence-corrected chi connectivity index (χ2v) is 11.1. The lowest BCUT2D eigenvalue weighted by molar-refractivity contribution is -0.130. The molecule has 2 fully saturated rings. The zero-order chi connectivity index (χ0) is 23.7. The second-order valence-electron chi connectivity index (χ2n) is 8.87. The Morgan fingerprint density at radius 1 is 1.06 bits per heavy atom. The molecular weight excluding hydrogens is 452 g/mol. The molecule has 2 unspecified atom stereocenters.